The van der Waals surface area contributed by atoms with E-state index < -0.39 is 0 Å². The highest BCUT2D eigenvalue weighted by atomic mass is 16.7. The molecule has 15 heavy (non-hydrogen) atoms. The normalized spacial score (nSPS) is 24.3. The molecule has 0 radical (unpaired) electrons. The van der Waals surface area contributed by atoms with Gasteiger partial charge in [0.1, 0.15) is 6.04 Å². The van der Waals surface area contributed by atoms with Crippen molar-refractivity contribution in [2.45, 2.75) is 12.3 Å². The van der Waals surface area contributed by atoms with Gasteiger partial charge in [-0.3, -0.25) is 4.79 Å². The van der Waals surface area contributed by atoms with Crippen LogP contribution in [0.15, 0.2) is 30.3 Å². The maximum absolute atomic E-state index is 11.7. The summed E-state index contributed by atoms with van der Waals surface area (Å²) in [6.07, 6.45) is -0.308. The van der Waals surface area contributed by atoms with Gasteiger partial charge in [0.05, 0.1) is 6.61 Å². The van der Waals surface area contributed by atoms with Crippen LogP contribution in [0.3, 0.4) is 0 Å². The topological polar surface area (TPSA) is 47.6 Å². The quantitative estimate of drug-likeness (QED) is 0.797. The first kappa shape index (κ1) is 10.1. The van der Waals surface area contributed by atoms with Gasteiger partial charge in [-0.15, -0.1) is 0 Å². The number of benzene rings is 1. The van der Waals surface area contributed by atoms with Gasteiger partial charge in [-0.25, -0.2) is 0 Å². The molecule has 1 aliphatic heterocycles. The zero-order valence-electron chi connectivity index (χ0n) is 8.47. The summed E-state index contributed by atoms with van der Waals surface area (Å²) < 4.78 is 10.1. The molecular formula is C11H13NO3. The Morgan fingerprint density at radius 1 is 1.47 bits per heavy atom. The summed E-state index contributed by atoms with van der Waals surface area (Å²) >= 11 is 0. The first-order valence-corrected chi connectivity index (χ1v) is 4.81. The van der Waals surface area contributed by atoms with Gasteiger partial charge in [-0.2, -0.15) is 0 Å². The van der Waals surface area contributed by atoms with Crippen LogP contribution >= 0.6 is 0 Å². The molecule has 1 saturated heterocycles. The molecule has 4 heteroatoms. The maximum atomic E-state index is 11.7. The Morgan fingerprint density at radius 2 is 2.20 bits per heavy atom. The van der Waals surface area contributed by atoms with E-state index in [2.05, 4.69) is 5.32 Å². The first-order valence-electron chi connectivity index (χ1n) is 4.81. The lowest BCUT2D eigenvalue weighted by Crippen LogP contribution is -2.56. The highest BCUT2D eigenvalue weighted by molar-refractivity contribution is 5.94. The Morgan fingerprint density at radius 3 is 2.73 bits per heavy atom. The predicted molar refractivity (Wildman–Crippen MR) is 54.4 cm³/mol. The third-order valence-electron chi connectivity index (χ3n) is 2.35. The van der Waals surface area contributed by atoms with Crippen LogP contribution in [0.2, 0.25) is 0 Å². The molecule has 1 N–H and O–H groups in total. The van der Waals surface area contributed by atoms with Crippen LogP contribution in [0.5, 0.6) is 0 Å². The number of ether oxygens (including phenoxy) is 2. The number of carbonyl (C=O) groups excluding carboxylic acids is 1. The molecule has 0 saturated carbocycles. The molecule has 0 aliphatic carbocycles. The van der Waals surface area contributed by atoms with E-state index in [1.807, 2.05) is 18.2 Å². The van der Waals surface area contributed by atoms with Gasteiger partial charge in [0.2, 0.25) is 0 Å². The van der Waals surface area contributed by atoms with Crippen molar-refractivity contribution < 1.29 is 14.3 Å². The van der Waals surface area contributed by atoms with Gasteiger partial charge in [0.25, 0.3) is 5.91 Å². The minimum absolute atomic E-state index is 0.0392. The molecular weight excluding hydrogens is 194 g/mol. The van der Waals surface area contributed by atoms with Crippen LogP contribution < -0.4 is 5.32 Å². The van der Waals surface area contributed by atoms with Crippen LogP contribution in [-0.2, 0) is 9.47 Å². The fourth-order valence-electron chi connectivity index (χ4n) is 1.45. The second kappa shape index (κ2) is 4.42. The molecule has 0 bridgehead atoms. The van der Waals surface area contributed by atoms with Gasteiger partial charge >= 0.3 is 0 Å². The lowest BCUT2D eigenvalue weighted by atomic mass is 10.1. The second-order valence-electron chi connectivity index (χ2n) is 3.38. The monoisotopic (exact) mass is 207 g/mol. The largest absolute Gasteiger partial charge is 0.354 e. The summed E-state index contributed by atoms with van der Waals surface area (Å²) in [5.74, 6) is -0.0917. The fourth-order valence-corrected chi connectivity index (χ4v) is 1.45. The molecule has 2 rings (SSSR count). The summed E-state index contributed by atoms with van der Waals surface area (Å²) in [4.78, 5) is 11.7. The average Bonchev–Trinajstić information content (AvgIpc) is 2.26. The number of rotatable bonds is 3. The molecule has 1 aliphatic rings. The van der Waals surface area contributed by atoms with Crippen molar-refractivity contribution in [3.8, 4) is 0 Å². The molecule has 1 heterocycles. The van der Waals surface area contributed by atoms with E-state index in [0.717, 1.165) is 0 Å². The molecule has 2 atom stereocenters. The minimum atomic E-state index is -0.308. The van der Waals surface area contributed by atoms with Gasteiger partial charge in [0.15, 0.2) is 6.29 Å². The fraction of sp³-hybridized carbons (Fsp3) is 0.364. The number of nitrogens with one attached hydrogen (secondary N) is 1. The van der Waals surface area contributed by atoms with Crippen LogP contribution in [0.1, 0.15) is 10.4 Å². The summed E-state index contributed by atoms with van der Waals surface area (Å²) in [6, 6.07) is 9.05. The van der Waals surface area contributed by atoms with E-state index in [9.17, 15) is 4.79 Å². The average molecular weight is 207 g/mol. The Bertz CT molecular complexity index is 337. The Hall–Kier alpha value is -1.39. The SMILES string of the molecule is COC1OCC1NC(=O)c1ccccc1. The lowest BCUT2D eigenvalue weighted by Gasteiger charge is -2.35. The molecule has 80 valence electrons. The third kappa shape index (κ3) is 2.16. The zero-order valence-corrected chi connectivity index (χ0v) is 8.47. The van der Waals surface area contributed by atoms with Crippen molar-refractivity contribution >= 4 is 5.91 Å². The second-order valence-corrected chi connectivity index (χ2v) is 3.38. The van der Waals surface area contributed by atoms with Gasteiger partial charge < -0.3 is 14.8 Å². The van der Waals surface area contributed by atoms with Crippen LogP contribution in [-0.4, -0.2) is 32.0 Å². The molecule has 0 aromatic heterocycles. The number of amides is 1. The van der Waals surface area contributed by atoms with Crippen molar-refractivity contribution in [3.05, 3.63) is 35.9 Å². The standard InChI is InChI=1S/C11H13NO3/c1-14-11-9(7-15-11)12-10(13)8-5-3-2-4-6-8/h2-6,9,11H,7H2,1H3,(H,12,13). The van der Waals surface area contributed by atoms with E-state index in [1.165, 1.54) is 0 Å². The van der Waals surface area contributed by atoms with Crippen LogP contribution in [0, 0.1) is 0 Å². The molecule has 1 amide bonds. The van der Waals surface area contributed by atoms with Crippen LogP contribution in [0.4, 0.5) is 0 Å². The summed E-state index contributed by atoms with van der Waals surface area (Å²) in [5.41, 5.74) is 0.652. The predicted octanol–water partition coefficient (Wildman–Crippen LogP) is 0.788. The summed E-state index contributed by atoms with van der Waals surface area (Å²) in [5, 5.41) is 2.84. The number of carbonyl (C=O) groups is 1. The van der Waals surface area contributed by atoms with E-state index in [0.29, 0.717) is 12.2 Å². The van der Waals surface area contributed by atoms with E-state index in [1.54, 1.807) is 19.2 Å². The van der Waals surface area contributed by atoms with Crippen molar-refractivity contribution in [2.24, 2.45) is 0 Å². The Labute approximate surface area is 88.2 Å². The summed E-state index contributed by atoms with van der Waals surface area (Å²) in [7, 11) is 1.56. The number of hydrogen-bond acceptors (Lipinski definition) is 3. The van der Waals surface area contributed by atoms with Gasteiger partial charge in [-0.1, -0.05) is 18.2 Å². The van der Waals surface area contributed by atoms with Gasteiger partial charge in [-0.05, 0) is 12.1 Å². The van der Waals surface area contributed by atoms with Crippen molar-refractivity contribution in [2.75, 3.05) is 13.7 Å². The van der Waals surface area contributed by atoms with E-state index in [-0.39, 0.29) is 18.2 Å². The van der Waals surface area contributed by atoms with E-state index in [4.69, 9.17) is 9.47 Å². The molecule has 2 unspecified atom stereocenters. The highest BCUT2D eigenvalue weighted by Crippen LogP contribution is 2.13. The van der Waals surface area contributed by atoms with Gasteiger partial charge in [0, 0.05) is 12.7 Å². The third-order valence-corrected chi connectivity index (χ3v) is 2.35. The smallest absolute Gasteiger partial charge is 0.251 e. The number of hydrogen-bond donors (Lipinski definition) is 1. The summed E-state index contributed by atoms with van der Waals surface area (Å²) in [6.45, 7) is 0.511. The minimum Gasteiger partial charge on any atom is -0.354 e. The first-order chi connectivity index (χ1) is 7.31. The highest BCUT2D eigenvalue weighted by Gasteiger charge is 2.33. The van der Waals surface area contributed by atoms with Crippen molar-refractivity contribution in [1.29, 1.82) is 0 Å². The molecule has 0 spiro atoms. The molecule has 1 aromatic rings. The van der Waals surface area contributed by atoms with Crippen molar-refractivity contribution in [1.82, 2.24) is 5.32 Å². The van der Waals surface area contributed by atoms with E-state index >= 15 is 0 Å². The molecule has 4 nitrogen and oxygen atoms in total. The molecule has 1 fully saturated rings. The Balaban J connectivity index is 1.93. The van der Waals surface area contributed by atoms with Crippen LogP contribution in [0.25, 0.3) is 0 Å². The maximum Gasteiger partial charge on any atom is 0.251 e. The van der Waals surface area contributed by atoms with Crippen molar-refractivity contribution in [3.63, 3.8) is 0 Å². The zero-order chi connectivity index (χ0) is 10.7. The number of methoxy groups -OCH3 is 1. The lowest BCUT2D eigenvalue weighted by molar-refractivity contribution is -0.221. The Kier molecular flexibility index (Phi) is 2.99. The molecule has 1 aromatic carbocycles.